The molecule has 4 aromatic rings. The third-order valence-corrected chi connectivity index (χ3v) is 10.8. The fourth-order valence-electron chi connectivity index (χ4n) is 6.92. The molecule has 5 rings (SSSR count). The highest BCUT2D eigenvalue weighted by molar-refractivity contribution is 5.49. The van der Waals surface area contributed by atoms with Crippen molar-refractivity contribution in [2.45, 2.75) is 97.9 Å². The number of nitrogens with zero attached hydrogens (tertiary/aromatic N) is 1. The molecule has 0 radical (unpaired) electrons. The second-order valence-corrected chi connectivity index (χ2v) is 15.1. The Balaban J connectivity index is 1.38. The van der Waals surface area contributed by atoms with E-state index in [1.807, 2.05) is 0 Å². The van der Waals surface area contributed by atoms with Crippen LogP contribution in [0.2, 0.25) is 0 Å². The Bertz CT molecular complexity index is 2450. The molecule has 0 bridgehead atoms. The van der Waals surface area contributed by atoms with Crippen LogP contribution in [0, 0.1) is 6.92 Å². The zero-order valence-corrected chi connectivity index (χ0v) is 34.1. The summed E-state index contributed by atoms with van der Waals surface area (Å²) in [5, 5.41) is 11.0. The maximum absolute atomic E-state index is 14.5. The summed E-state index contributed by atoms with van der Waals surface area (Å²) in [5.74, 6) is -56.8. The quantitative estimate of drug-likeness (QED) is 0.0547. The number of aliphatic hydroxyl groups is 1. The van der Waals surface area contributed by atoms with Crippen molar-refractivity contribution in [3.63, 3.8) is 0 Å². The number of hydrogen-bond donors (Lipinski definition) is 2. The van der Waals surface area contributed by atoms with E-state index in [9.17, 15) is 89.3 Å². The van der Waals surface area contributed by atoms with Crippen LogP contribution in [0.5, 0.6) is 11.5 Å². The number of aromatic amines is 1. The minimum Gasteiger partial charge on any atom is -0.497 e. The van der Waals surface area contributed by atoms with Gasteiger partial charge < -0.3 is 24.1 Å². The van der Waals surface area contributed by atoms with Crippen molar-refractivity contribution in [2.24, 2.45) is 0 Å². The molecule has 1 saturated heterocycles. The number of aliphatic hydroxyl groups excluding tert-OH is 1. The summed E-state index contributed by atoms with van der Waals surface area (Å²) in [6.07, 6.45) is -14.3. The van der Waals surface area contributed by atoms with Gasteiger partial charge in [0.1, 0.15) is 29.4 Å². The van der Waals surface area contributed by atoms with Crippen molar-refractivity contribution in [1.82, 2.24) is 9.55 Å². The van der Waals surface area contributed by atoms with Crippen molar-refractivity contribution in [3.8, 4) is 11.5 Å². The highest BCUT2D eigenvalue weighted by Gasteiger charge is 2.95. The summed E-state index contributed by atoms with van der Waals surface area (Å²) in [4.78, 5) is 26.6. The molecule has 3 aromatic carbocycles. The predicted molar refractivity (Wildman–Crippen MR) is 198 cm³/mol. The molecule has 1 aromatic heterocycles. The van der Waals surface area contributed by atoms with Gasteiger partial charge in [0.15, 0.2) is 0 Å². The Kier molecular flexibility index (Phi) is 14.3. The second kappa shape index (κ2) is 18.3. The number of nitrogens with one attached hydrogen (secondary N) is 1. The molecule has 26 heteroatoms. The molecule has 4 atom stereocenters. The number of aromatic nitrogens is 2. The average Bonchev–Trinajstić information content (AvgIpc) is 3.63. The van der Waals surface area contributed by atoms with Crippen LogP contribution in [0.15, 0.2) is 94.6 Å². The number of halogens is 17. The molecule has 0 spiro atoms. The van der Waals surface area contributed by atoms with Crippen LogP contribution >= 0.6 is 0 Å². The van der Waals surface area contributed by atoms with Gasteiger partial charge in [0.05, 0.1) is 26.4 Å². The van der Waals surface area contributed by atoms with Gasteiger partial charge in [-0.25, -0.2) is 4.79 Å². The third kappa shape index (κ3) is 9.06. The van der Waals surface area contributed by atoms with Crippen molar-refractivity contribution < 1.29 is 98.7 Å². The minimum absolute atomic E-state index is 0.119. The number of methoxy groups -OCH3 is 1. The smallest absolute Gasteiger partial charge is 0.460 e. The van der Waals surface area contributed by atoms with E-state index < -0.39 is 109 Å². The van der Waals surface area contributed by atoms with Gasteiger partial charge in [-0.15, -0.1) is 0 Å². The first-order valence-corrected chi connectivity index (χ1v) is 19.2. The lowest BCUT2D eigenvalue weighted by Gasteiger charge is -2.42. The highest BCUT2D eigenvalue weighted by atomic mass is 19.4. The number of H-pyrrole nitrogens is 1. The van der Waals surface area contributed by atoms with Crippen LogP contribution in [0.4, 0.5) is 74.6 Å². The first-order valence-electron chi connectivity index (χ1n) is 19.2. The lowest BCUT2D eigenvalue weighted by Crippen LogP contribution is -2.74. The van der Waals surface area contributed by atoms with Crippen molar-refractivity contribution >= 4 is 0 Å². The van der Waals surface area contributed by atoms with Crippen molar-refractivity contribution in [1.29, 1.82) is 0 Å². The number of hydrogen-bond acceptors (Lipinski definition) is 7. The SMILES string of the molecule is COc1ccc(C(OC[C@H]2O[C@@H](n3cc(C)c(=O)[nH]c3=O)C[C@@H]2O)(c2ccccc2)c2ccc(OCCCC(F)(F)C(F)(F)C(F)(F)C(F)(F)C(F)(F)C(F)(F)C(F)(F)C(F)(F)F)cc2)cc1. The number of benzene rings is 3. The van der Waals surface area contributed by atoms with Gasteiger partial charge >= 0.3 is 53.3 Å². The number of alkyl halides is 17. The molecule has 0 saturated carbocycles. The zero-order chi connectivity index (χ0) is 50.4. The molecule has 1 unspecified atom stereocenters. The summed E-state index contributed by atoms with van der Waals surface area (Å²) in [6, 6.07) is 19.6. The van der Waals surface area contributed by atoms with Gasteiger partial charge in [0.25, 0.3) is 5.56 Å². The number of rotatable bonds is 19. The molecule has 0 aliphatic carbocycles. The fourth-order valence-corrected chi connectivity index (χ4v) is 6.92. The Morgan fingerprint density at radius 2 is 1.15 bits per heavy atom. The van der Waals surface area contributed by atoms with E-state index in [4.69, 9.17) is 18.9 Å². The molecule has 9 nitrogen and oxygen atoms in total. The van der Waals surface area contributed by atoms with Gasteiger partial charge in [-0.05, 0) is 54.3 Å². The fraction of sp³-hybridized carbons (Fsp3) is 0.463. The monoisotopic (exact) mass is 990 g/mol. The van der Waals surface area contributed by atoms with Crippen LogP contribution in [0.3, 0.4) is 0 Å². The van der Waals surface area contributed by atoms with Gasteiger partial charge in [0.2, 0.25) is 0 Å². The van der Waals surface area contributed by atoms with E-state index in [0.717, 1.165) is 16.7 Å². The number of ether oxygens (including phenoxy) is 4. The maximum Gasteiger partial charge on any atom is 0.460 e. The van der Waals surface area contributed by atoms with Gasteiger partial charge in [0, 0.05) is 24.6 Å². The van der Waals surface area contributed by atoms with E-state index in [0.29, 0.717) is 16.9 Å². The summed E-state index contributed by atoms with van der Waals surface area (Å²) in [7, 11) is 1.39. The Labute approximate surface area is 366 Å². The third-order valence-electron chi connectivity index (χ3n) is 10.8. The largest absolute Gasteiger partial charge is 0.497 e. The van der Waals surface area contributed by atoms with E-state index in [1.165, 1.54) is 32.4 Å². The molecule has 67 heavy (non-hydrogen) atoms. The van der Waals surface area contributed by atoms with Crippen LogP contribution in [-0.4, -0.2) is 94.8 Å². The van der Waals surface area contributed by atoms with Crippen LogP contribution in [-0.2, 0) is 15.1 Å². The van der Waals surface area contributed by atoms with E-state index in [2.05, 4.69) is 4.98 Å². The molecule has 1 aliphatic rings. The minimum atomic E-state index is -8.71. The van der Waals surface area contributed by atoms with Gasteiger partial charge in [-0.3, -0.25) is 14.3 Å². The van der Waals surface area contributed by atoms with Crippen molar-refractivity contribution in [3.05, 3.63) is 128 Å². The van der Waals surface area contributed by atoms with Crippen LogP contribution < -0.4 is 20.7 Å². The lowest BCUT2D eigenvalue weighted by molar-refractivity contribution is -0.461. The maximum atomic E-state index is 14.5. The summed E-state index contributed by atoms with van der Waals surface area (Å²) in [6.45, 7) is -0.110. The van der Waals surface area contributed by atoms with Crippen molar-refractivity contribution in [2.75, 3.05) is 20.3 Å². The molecular weight excluding hydrogens is 955 g/mol. The molecule has 1 aliphatic heterocycles. The average molecular weight is 991 g/mol. The Morgan fingerprint density at radius 1 is 0.672 bits per heavy atom. The Morgan fingerprint density at radius 3 is 1.66 bits per heavy atom. The van der Waals surface area contributed by atoms with E-state index in [1.54, 1.807) is 54.6 Å². The summed E-state index contributed by atoms with van der Waals surface area (Å²) >= 11 is 0. The standard InChI is InChI=1S/C41H35F17N2O7/c1-22-20-60(32(63)59-31(22)62)30-19-28(61)29(67-30)21-66-34(23-7-4-3-5-8-23,24-9-13-26(64-2)14-10-24)25-11-15-27(16-12-25)65-18-6-17-33(42,43)35(44,45)36(46,47)37(48,49)38(50,51)39(52,53)40(54,55)41(56,57)58/h3-5,7-16,20,28-30,61H,6,17-19,21H2,1-2H3,(H,59,62,63)/t28-,29+,30+,34?/m0/s1. The zero-order valence-electron chi connectivity index (χ0n) is 34.1. The Hall–Kier alpha value is -5.37. The van der Waals surface area contributed by atoms with Crippen LogP contribution in [0.25, 0.3) is 0 Å². The summed E-state index contributed by atoms with van der Waals surface area (Å²) < 4.78 is 257. The number of aryl methyl sites for hydroxylation is 1. The molecule has 2 N–H and O–H groups in total. The second-order valence-electron chi connectivity index (χ2n) is 15.1. The molecule has 370 valence electrons. The van der Waals surface area contributed by atoms with E-state index in [-0.39, 0.29) is 23.3 Å². The van der Waals surface area contributed by atoms with Gasteiger partial charge in [-0.1, -0.05) is 54.6 Å². The van der Waals surface area contributed by atoms with Gasteiger partial charge in [-0.2, -0.15) is 74.6 Å². The highest BCUT2D eigenvalue weighted by Crippen LogP contribution is 2.64. The predicted octanol–water partition coefficient (Wildman–Crippen LogP) is 9.68. The topological polar surface area (TPSA) is 112 Å². The molecule has 0 amide bonds. The molecule has 2 heterocycles. The molecular formula is C41H35F17N2O7. The summed E-state index contributed by atoms with van der Waals surface area (Å²) in [5.41, 5.74) is -1.83. The van der Waals surface area contributed by atoms with Crippen LogP contribution in [0.1, 0.15) is 47.7 Å². The normalized spacial score (nSPS) is 19.0. The van der Waals surface area contributed by atoms with E-state index >= 15 is 0 Å². The first-order chi connectivity index (χ1) is 30.7. The molecule has 1 fully saturated rings. The first kappa shape index (κ1) is 52.6. The lowest BCUT2D eigenvalue weighted by atomic mass is 9.80.